The zero-order chi connectivity index (χ0) is 20.5. The molecular weight excluding hydrogens is 378 g/mol. The topological polar surface area (TPSA) is 79.2 Å². The summed E-state index contributed by atoms with van der Waals surface area (Å²) in [4.78, 5) is 18.0. The van der Waals surface area contributed by atoms with Gasteiger partial charge >= 0.3 is 11.7 Å². The van der Waals surface area contributed by atoms with E-state index in [0.29, 0.717) is 24.4 Å². The number of nitrogens with one attached hydrogen (secondary N) is 1. The largest absolute Gasteiger partial charge is 0.508 e. The van der Waals surface area contributed by atoms with E-state index in [2.05, 4.69) is 5.32 Å². The fourth-order valence-corrected chi connectivity index (χ4v) is 3.73. The molecule has 148 valence electrons. The van der Waals surface area contributed by atoms with Crippen molar-refractivity contribution in [3.05, 3.63) is 96.2 Å². The molecule has 6 heteroatoms. The molecule has 1 unspecified atom stereocenters. The molecule has 1 aliphatic rings. The number of phenols is 1. The average Bonchev–Trinajstić information content (AvgIpc) is 3.38. The molecule has 4 aromatic rings. The number of benzene rings is 2. The summed E-state index contributed by atoms with van der Waals surface area (Å²) in [5.74, 6) is 1.61. The number of carbonyl (C=O) groups is 1. The van der Waals surface area contributed by atoms with E-state index >= 15 is 0 Å². The minimum Gasteiger partial charge on any atom is -0.508 e. The third-order valence-corrected chi connectivity index (χ3v) is 5.23. The third kappa shape index (κ3) is 3.43. The number of aromatic hydroxyl groups is 1. The van der Waals surface area contributed by atoms with Crippen molar-refractivity contribution in [2.75, 3.05) is 5.32 Å². The second kappa shape index (κ2) is 7.48. The molecule has 1 aliphatic heterocycles. The Labute approximate surface area is 173 Å². The maximum atomic E-state index is 13.2. The van der Waals surface area contributed by atoms with E-state index in [1.54, 1.807) is 41.3 Å². The van der Waals surface area contributed by atoms with Gasteiger partial charge in [-0.3, -0.25) is 5.32 Å². The summed E-state index contributed by atoms with van der Waals surface area (Å²) in [6.07, 6.45) is 4.43. The van der Waals surface area contributed by atoms with Crippen LogP contribution in [0.3, 0.4) is 0 Å². The average molecular weight is 398 g/mol. The molecule has 0 fully saturated rings. The summed E-state index contributed by atoms with van der Waals surface area (Å²) in [7, 11) is 0. The maximum absolute atomic E-state index is 13.2. The predicted octanol–water partition coefficient (Wildman–Crippen LogP) is 3.60. The lowest BCUT2D eigenvalue weighted by Crippen LogP contribution is -2.44. The molecule has 0 aliphatic carbocycles. The summed E-state index contributed by atoms with van der Waals surface area (Å²) < 4.78 is 7.09. The molecule has 0 radical (unpaired) electrons. The van der Waals surface area contributed by atoms with Crippen molar-refractivity contribution in [3.8, 4) is 17.0 Å². The quantitative estimate of drug-likeness (QED) is 0.502. The van der Waals surface area contributed by atoms with Crippen molar-refractivity contribution >= 4 is 11.7 Å². The van der Waals surface area contributed by atoms with Gasteiger partial charge in [0.2, 0.25) is 6.04 Å². The number of furan rings is 1. The van der Waals surface area contributed by atoms with E-state index in [4.69, 9.17) is 9.40 Å². The van der Waals surface area contributed by atoms with Crippen molar-refractivity contribution in [2.45, 2.75) is 18.9 Å². The molecule has 0 spiro atoms. The van der Waals surface area contributed by atoms with E-state index < -0.39 is 6.04 Å². The SMILES string of the molecule is O=C1C(Cc2ccco2)Nc2c(Cc3ccccc3)nc(-c3ccc(O)cc3)c[n+]21. The van der Waals surface area contributed by atoms with E-state index in [9.17, 15) is 9.90 Å². The van der Waals surface area contributed by atoms with Crippen LogP contribution in [-0.2, 0) is 12.8 Å². The van der Waals surface area contributed by atoms with E-state index in [0.717, 1.165) is 22.6 Å². The molecule has 30 heavy (non-hydrogen) atoms. The van der Waals surface area contributed by atoms with Gasteiger partial charge in [-0.05, 0) is 42.0 Å². The van der Waals surface area contributed by atoms with Crippen LogP contribution in [0.4, 0.5) is 5.82 Å². The smallest absolute Gasteiger partial charge is 0.359 e. The monoisotopic (exact) mass is 398 g/mol. The minimum atomic E-state index is -0.414. The standard InChI is InChI=1S/C24H19N3O3/c28-18-10-8-17(9-11-18)22-15-27-23(20(25-22)13-16-5-2-1-3-6-16)26-21(24(27)29)14-19-7-4-12-30-19/h1-12,15,21,28H,13-14H2/p+1. The van der Waals surface area contributed by atoms with Gasteiger partial charge in [0.05, 0.1) is 12.7 Å². The van der Waals surface area contributed by atoms with Crippen LogP contribution >= 0.6 is 0 Å². The summed E-state index contributed by atoms with van der Waals surface area (Å²) >= 11 is 0. The normalized spacial score (nSPS) is 15.1. The van der Waals surface area contributed by atoms with Crippen LogP contribution in [0.15, 0.2) is 83.6 Å². The number of anilines is 1. The van der Waals surface area contributed by atoms with Gasteiger partial charge in [0, 0.05) is 12.0 Å². The molecule has 6 nitrogen and oxygen atoms in total. The van der Waals surface area contributed by atoms with Crippen molar-refractivity contribution in [1.29, 1.82) is 0 Å². The first-order chi connectivity index (χ1) is 14.7. The second-order valence-electron chi connectivity index (χ2n) is 7.32. The van der Waals surface area contributed by atoms with Crippen LogP contribution in [0, 0.1) is 0 Å². The highest BCUT2D eigenvalue weighted by Gasteiger charge is 2.41. The minimum absolute atomic E-state index is 0.0434. The first-order valence-corrected chi connectivity index (χ1v) is 9.79. The molecule has 5 rings (SSSR count). The molecular formula is C24H20N3O3+. The fraction of sp³-hybridized carbons (Fsp3) is 0.125. The van der Waals surface area contributed by atoms with Gasteiger partial charge in [0.25, 0.3) is 0 Å². The highest BCUT2D eigenvalue weighted by Crippen LogP contribution is 2.26. The lowest BCUT2D eigenvalue weighted by molar-refractivity contribution is -0.552. The van der Waals surface area contributed by atoms with Gasteiger partial charge < -0.3 is 9.52 Å². The Morgan fingerprint density at radius 2 is 1.83 bits per heavy atom. The Bertz CT molecular complexity index is 1190. The zero-order valence-corrected chi connectivity index (χ0v) is 16.2. The molecule has 2 aromatic heterocycles. The third-order valence-electron chi connectivity index (χ3n) is 5.23. The zero-order valence-electron chi connectivity index (χ0n) is 16.2. The maximum Gasteiger partial charge on any atom is 0.359 e. The van der Waals surface area contributed by atoms with Crippen LogP contribution < -0.4 is 9.88 Å². The molecule has 0 saturated heterocycles. The van der Waals surface area contributed by atoms with Gasteiger partial charge in [0.1, 0.15) is 29.1 Å². The van der Waals surface area contributed by atoms with Gasteiger partial charge in [-0.25, -0.2) is 9.78 Å². The Kier molecular flexibility index (Phi) is 4.52. The van der Waals surface area contributed by atoms with Gasteiger partial charge in [0.15, 0.2) is 0 Å². The molecule has 3 heterocycles. The Morgan fingerprint density at radius 1 is 1.03 bits per heavy atom. The summed E-state index contributed by atoms with van der Waals surface area (Å²) in [5, 5.41) is 13.0. The van der Waals surface area contributed by atoms with Crippen LogP contribution in [0.1, 0.15) is 21.8 Å². The molecule has 2 N–H and O–H groups in total. The predicted molar refractivity (Wildman–Crippen MR) is 111 cm³/mol. The number of carbonyl (C=O) groups excluding carboxylic acids is 1. The number of hydrogen-bond acceptors (Lipinski definition) is 5. The lowest BCUT2D eigenvalue weighted by Gasteiger charge is -2.07. The van der Waals surface area contributed by atoms with Crippen LogP contribution in [0.5, 0.6) is 5.75 Å². The number of rotatable bonds is 5. The second-order valence-corrected chi connectivity index (χ2v) is 7.32. The molecule has 0 amide bonds. The molecule has 0 saturated carbocycles. The fourth-order valence-electron chi connectivity index (χ4n) is 3.73. The van der Waals surface area contributed by atoms with Crippen molar-refractivity contribution in [3.63, 3.8) is 0 Å². The summed E-state index contributed by atoms with van der Waals surface area (Å²) in [5.41, 5.74) is 3.42. The number of nitrogens with zero attached hydrogens (tertiary/aromatic N) is 2. The van der Waals surface area contributed by atoms with E-state index in [1.807, 2.05) is 42.5 Å². The number of hydrogen-bond donors (Lipinski definition) is 2. The Morgan fingerprint density at radius 3 is 2.57 bits per heavy atom. The van der Waals surface area contributed by atoms with Gasteiger partial charge in [-0.2, -0.15) is 4.57 Å². The van der Waals surface area contributed by atoms with Crippen molar-refractivity contribution in [2.24, 2.45) is 0 Å². The van der Waals surface area contributed by atoms with Crippen LogP contribution in [0.2, 0.25) is 0 Å². The first-order valence-electron chi connectivity index (χ1n) is 9.79. The Hall–Kier alpha value is -3.93. The van der Waals surface area contributed by atoms with Crippen molar-refractivity contribution < 1.29 is 18.9 Å². The van der Waals surface area contributed by atoms with Crippen LogP contribution in [-0.4, -0.2) is 22.0 Å². The van der Waals surface area contributed by atoms with E-state index in [1.165, 1.54) is 0 Å². The van der Waals surface area contributed by atoms with Crippen molar-refractivity contribution in [1.82, 2.24) is 4.98 Å². The van der Waals surface area contributed by atoms with E-state index in [-0.39, 0.29) is 11.7 Å². The number of fused-ring (bicyclic) bond motifs is 1. The van der Waals surface area contributed by atoms with Gasteiger partial charge in [-0.1, -0.05) is 30.3 Å². The summed E-state index contributed by atoms with van der Waals surface area (Å²) in [6.45, 7) is 0. The van der Waals surface area contributed by atoms with Gasteiger partial charge in [-0.15, -0.1) is 0 Å². The number of phenolic OH excluding ortho intramolecular Hbond substituents is 1. The first kappa shape index (κ1) is 18.1. The number of aromatic nitrogens is 2. The Balaban J connectivity index is 1.56. The lowest BCUT2D eigenvalue weighted by atomic mass is 10.1. The summed E-state index contributed by atoms with van der Waals surface area (Å²) in [6, 6.07) is 20.1. The highest BCUT2D eigenvalue weighted by atomic mass is 16.3. The molecule has 1 atom stereocenters. The van der Waals surface area contributed by atoms with Crippen LogP contribution in [0.25, 0.3) is 11.3 Å². The molecule has 0 bridgehead atoms. The molecule has 2 aromatic carbocycles. The highest BCUT2D eigenvalue weighted by molar-refractivity contribution is 5.82.